The maximum atomic E-state index is 12.5. The highest BCUT2D eigenvalue weighted by atomic mass is 19.4. The number of fused-ring (bicyclic) bond motifs is 1. The van der Waals surface area contributed by atoms with E-state index in [-0.39, 0.29) is 11.4 Å². The Morgan fingerprint density at radius 1 is 1.00 bits per heavy atom. The van der Waals surface area contributed by atoms with Crippen LogP contribution in [-0.4, -0.2) is 16.3 Å². The van der Waals surface area contributed by atoms with Gasteiger partial charge in [0.1, 0.15) is 12.1 Å². The van der Waals surface area contributed by atoms with Gasteiger partial charge in [-0.05, 0) is 49.2 Å². The van der Waals surface area contributed by atoms with E-state index in [4.69, 9.17) is 0 Å². The van der Waals surface area contributed by atoms with Crippen molar-refractivity contribution in [3.63, 3.8) is 0 Å². The molecular formula is C17H14F3N3O. The Hall–Kier alpha value is -2.83. The summed E-state index contributed by atoms with van der Waals surface area (Å²) in [6.45, 7) is 3.92. The third-order valence-electron chi connectivity index (χ3n) is 3.62. The molecule has 0 amide bonds. The van der Waals surface area contributed by atoms with Crippen LogP contribution in [-0.2, 0) is 0 Å². The van der Waals surface area contributed by atoms with Gasteiger partial charge in [0.05, 0.1) is 11.2 Å². The highest BCUT2D eigenvalue weighted by Crippen LogP contribution is 2.33. The van der Waals surface area contributed by atoms with Crippen LogP contribution in [0.25, 0.3) is 10.9 Å². The van der Waals surface area contributed by atoms with Crippen molar-refractivity contribution in [3.8, 4) is 5.75 Å². The van der Waals surface area contributed by atoms with Crippen LogP contribution in [0.2, 0.25) is 0 Å². The molecule has 124 valence electrons. The zero-order valence-electron chi connectivity index (χ0n) is 13.0. The van der Waals surface area contributed by atoms with Crippen molar-refractivity contribution in [2.45, 2.75) is 20.2 Å². The van der Waals surface area contributed by atoms with E-state index in [2.05, 4.69) is 20.0 Å². The summed E-state index contributed by atoms with van der Waals surface area (Å²) in [4.78, 5) is 8.36. The topological polar surface area (TPSA) is 47.0 Å². The Morgan fingerprint density at radius 3 is 2.46 bits per heavy atom. The van der Waals surface area contributed by atoms with Gasteiger partial charge in [0.25, 0.3) is 0 Å². The Labute approximate surface area is 136 Å². The molecule has 0 aliphatic rings. The SMILES string of the molecule is Cc1cc2ncnc(Nc3ccccc3OC(F)(F)F)c2cc1C. The molecule has 0 bridgehead atoms. The fraction of sp³-hybridized carbons (Fsp3) is 0.176. The van der Waals surface area contributed by atoms with Crippen molar-refractivity contribution in [2.75, 3.05) is 5.32 Å². The minimum Gasteiger partial charge on any atom is -0.404 e. The Balaban J connectivity index is 2.04. The number of alkyl halides is 3. The minimum atomic E-state index is -4.76. The van der Waals surface area contributed by atoms with Crippen LogP contribution in [0.1, 0.15) is 11.1 Å². The van der Waals surface area contributed by atoms with Crippen molar-refractivity contribution < 1.29 is 17.9 Å². The first-order valence-corrected chi connectivity index (χ1v) is 7.17. The van der Waals surface area contributed by atoms with E-state index >= 15 is 0 Å². The molecule has 0 saturated carbocycles. The first-order valence-electron chi connectivity index (χ1n) is 7.17. The molecule has 1 aromatic heterocycles. The second kappa shape index (κ2) is 5.99. The Kier molecular flexibility index (Phi) is 4.01. The molecule has 1 N–H and O–H groups in total. The van der Waals surface area contributed by atoms with E-state index in [1.807, 2.05) is 26.0 Å². The molecule has 2 aromatic carbocycles. The average Bonchev–Trinajstić information content (AvgIpc) is 2.50. The van der Waals surface area contributed by atoms with Gasteiger partial charge in [-0.15, -0.1) is 13.2 Å². The van der Waals surface area contributed by atoms with Crippen molar-refractivity contribution in [3.05, 3.63) is 53.9 Å². The lowest BCUT2D eigenvalue weighted by Gasteiger charge is -2.15. The van der Waals surface area contributed by atoms with Gasteiger partial charge in [0, 0.05) is 5.39 Å². The predicted octanol–water partition coefficient (Wildman–Crippen LogP) is 4.89. The number of nitrogens with zero attached hydrogens (tertiary/aromatic N) is 2. The molecule has 3 rings (SSSR count). The van der Waals surface area contributed by atoms with E-state index in [1.165, 1.54) is 24.5 Å². The maximum Gasteiger partial charge on any atom is 0.573 e. The monoisotopic (exact) mass is 333 g/mol. The van der Waals surface area contributed by atoms with E-state index in [0.717, 1.165) is 16.5 Å². The number of ether oxygens (including phenoxy) is 1. The molecule has 7 heteroatoms. The maximum absolute atomic E-state index is 12.5. The standard InChI is InChI=1S/C17H14F3N3O/c1-10-7-12-14(8-11(10)2)21-9-22-16(12)23-13-5-3-4-6-15(13)24-17(18,19)20/h3-9H,1-2H3,(H,21,22,23). The van der Waals surface area contributed by atoms with Gasteiger partial charge in [-0.3, -0.25) is 0 Å². The molecule has 0 radical (unpaired) electrons. The lowest BCUT2D eigenvalue weighted by Crippen LogP contribution is -2.17. The molecule has 0 aliphatic carbocycles. The Bertz CT molecular complexity index is 894. The zero-order chi connectivity index (χ0) is 17.3. The van der Waals surface area contributed by atoms with Crippen LogP contribution >= 0.6 is 0 Å². The summed E-state index contributed by atoms with van der Waals surface area (Å²) < 4.78 is 41.7. The lowest BCUT2D eigenvalue weighted by molar-refractivity contribution is -0.274. The molecular weight excluding hydrogens is 319 g/mol. The number of anilines is 2. The van der Waals surface area contributed by atoms with Gasteiger partial charge in [-0.25, -0.2) is 9.97 Å². The fourth-order valence-corrected chi connectivity index (χ4v) is 2.33. The van der Waals surface area contributed by atoms with Crippen LogP contribution in [0.5, 0.6) is 5.75 Å². The van der Waals surface area contributed by atoms with Gasteiger partial charge in [-0.2, -0.15) is 0 Å². The van der Waals surface area contributed by atoms with E-state index in [9.17, 15) is 13.2 Å². The number of rotatable bonds is 3. The third-order valence-corrected chi connectivity index (χ3v) is 3.62. The summed E-state index contributed by atoms with van der Waals surface area (Å²) in [5, 5.41) is 3.63. The number of benzene rings is 2. The highest BCUT2D eigenvalue weighted by Gasteiger charge is 2.32. The van der Waals surface area contributed by atoms with Crippen LogP contribution in [0.15, 0.2) is 42.7 Å². The van der Waals surface area contributed by atoms with Crippen molar-refractivity contribution in [2.24, 2.45) is 0 Å². The van der Waals surface area contributed by atoms with Crippen LogP contribution in [0, 0.1) is 13.8 Å². The summed E-state index contributed by atoms with van der Waals surface area (Å²) in [6.07, 6.45) is -3.40. The van der Waals surface area contributed by atoms with Crippen molar-refractivity contribution >= 4 is 22.4 Å². The summed E-state index contributed by atoms with van der Waals surface area (Å²) in [7, 11) is 0. The van der Waals surface area contributed by atoms with Gasteiger partial charge < -0.3 is 10.1 Å². The molecule has 0 atom stereocenters. The van der Waals surface area contributed by atoms with Gasteiger partial charge >= 0.3 is 6.36 Å². The second-order valence-electron chi connectivity index (χ2n) is 5.34. The number of para-hydroxylation sites is 2. The van der Waals surface area contributed by atoms with Crippen molar-refractivity contribution in [1.29, 1.82) is 0 Å². The Morgan fingerprint density at radius 2 is 1.71 bits per heavy atom. The average molecular weight is 333 g/mol. The van der Waals surface area contributed by atoms with E-state index in [1.54, 1.807) is 6.07 Å². The molecule has 0 aliphatic heterocycles. The zero-order valence-corrected chi connectivity index (χ0v) is 13.0. The van der Waals surface area contributed by atoms with Gasteiger partial charge in [-0.1, -0.05) is 12.1 Å². The first kappa shape index (κ1) is 16.0. The van der Waals surface area contributed by atoms with Gasteiger partial charge in [0.15, 0.2) is 5.75 Å². The molecule has 4 nitrogen and oxygen atoms in total. The third kappa shape index (κ3) is 3.40. The van der Waals surface area contributed by atoms with E-state index in [0.29, 0.717) is 11.3 Å². The minimum absolute atomic E-state index is 0.174. The van der Waals surface area contributed by atoms with Gasteiger partial charge in [0.2, 0.25) is 0 Å². The predicted molar refractivity (Wildman–Crippen MR) is 85.4 cm³/mol. The molecule has 3 aromatic rings. The molecule has 1 heterocycles. The number of hydrogen-bond acceptors (Lipinski definition) is 4. The van der Waals surface area contributed by atoms with Crippen LogP contribution in [0.3, 0.4) is 0 Å². The first-order chi connectivity index (χ1) is 11.3. The lowest BCUT2D eigenvalue weighted by atomic mass is 10.1. The highest BCUT2D eigenvalue weighted by molar-refractivity contribution is 5.92. The molecule has 0 spiro atoms. The smallest absolute Gasteiger partial charge is 0.404 e. The van der Waals surface area contributed by atoms with Crippen LogP contribution < -0.4 is 10.1 Å². The number of aromatic nitrogens is 2. The number of nitrogens with one attached hydrogen (secondary N) is 1. The van der Waals surface area contributed by atoms with E-state index < -0.39 is 6.36 Å². The number of aryl methyl sites for hydroxylation is 2. The largest absolute Gasteiger partial charge is 0.573 e. The summed E-state index contributed by atoms with van der Waals surface area (Å²) >= 11 is 0. The molecule has 0 unspecified atom stereocenters. The fourth-order valence-electron chi connectivity index (χ4n) is 2.33. The van der Waals surface area contributed by atoms with Crippen LogP contribution in [0.4, 0.5) is 24.7 Å². The number of halogens is 3. The summed E-state index contributed by atoms with van der Waals surface area (Å²) in [5.74, 6) is 0.0990. The quantitative estimate of drug-likeness (QED) is 0.741. The molecule has 24 heavy (non-hydrogen) atoms. The summed E-state index contributed by atoms with van der Waals surface area (Å²) in [5.41, 5.74) is 3.01. The number of hydrogen-bond donors (Lipinski definition) is 1. The van der Waals surface area contributed by atoms with Crippen molar-refractivity contribution in [1.82, 2.24) is 9.97 Å². The second-order valence-corrected chi connectivity index (χ2v) is 5.34. The molecule has 0 saturated heterocycles. The molecule has 0 fully saturated rings. The normalized spacial score (nSPS) is 11.5. The summed E-state index contributed by atoms with van der Waals surface area (Å²) in [6, 6.07) is 9.64.